The Morgan fingerprint density at radius 1 is 1.14 bits per heavy atom. The molecule has 1 saturated heterocycles. The van der Waals surface area contributed by atoms with Crippen LogP contribution in [0, 0.1) is 11.6 Å². The van der Waals surface area contributed by atoms with Gasteiger partial charge in [0.1, 0.15) is 6.17 Å². The van der Waals surface area contributed by atoms with E-state index in [1.165, 1.54) is 0 Å². The van der Waals surface area contributed by atoms with Crippen LogP contribution in [-0.4, -0.2) is 34.9 Å². The highest BCUT2D eigenvalue weighted by Gasteiger charge is 2.29. The van der Waals surface area contributed by atoms with Gasteiger partial charge >= 0.3 is 0 Å². The third-order valence-corrected chi connectivity index (χ3v) is 5.71. The van der Waals surface area contributed by atoms with Crippen molar-refractivity contribution in [2.45, 2.75) is 25.2 Å². The van der Waals surface area contributed by atoms with Crippen LogP contribution in [0.4, 0.5) is 19.1 Å². The van der Waals surface area contributed by atoms with Crippen molar-refractivity contribution < 1.29 is 13.2 Å². The number of benzene rings is 2. The van der Waals surface area contributed by atoms with Crippen LogP contribution >= 0.6 is 23.2 Å². The van der Waals surface area contributed by atoms with E-state index in [2.05, 4.69) is 4.98 Å². The first-order valence-corrected chi connectivity index (χ1v) is 9.53. The van der Waals surface area contributed by atoms with Crippen LogP contribution in [0.1, 0.15) is 12.0 Å². The number of piperidine rings is 1. The molecule has 0 aliphatic carbocycles. The topological polar surface area (TPSA) is 47.1 Å². The monoisotopic (exact) mass is 428 g/mol. The lowest BCUT2D eigenvalue weighted by molar-refractivity contribution is 0.243. The lowest BCUT2D eigenvalue weighted by Crippen LogP contribution is -2.50. The quantitative estimate of drug-likeness (QED) is 0.665. The molecule has 4 nitrogen and oxygen atoms in total. The van der Waals surface area contributed by atoms with Crippen molar-refractivity contribution in [2.75, 3.05) is 18.0 Å². The molecule has 0 bridgehead atoms. The zero-order chi connectivity index (χ0) is 20.0. The van der Waals surface area contributed by atoms with Crippen molar-refractivity contribution in [1.82, 2.24) is 9.55 Å². The minimum Gasteiger partial charge on any atom is -0.340 e. The van der Waals surface area contributed by atoms with Gasteiger partial charge in [-0.2, -0.15) is 0 Å². The number of hydrogen-bond donors (Lipinski definition) is 1. The van der Waals surface area contributed by atoms with Crippen LogP contribution in [0.5, 0.6) is 0 Å². The highest BCUT2D eigenvalue weighted by atomic mass is 35.5. The molecule has 2 aromatic carbocycles. The molecule has 1 aliphatic rings. The smallest absolute Gasteiger partial charge is 0.206 e. The summed E-state index contributed by atoms with van der Waals surface area (Å²) in [5.41, 5.74) is 7.18. The summed E-state index contributed by atoms with van der Waals surface area (Å²) < 4.78 is 43.2. The van der Waals surface area contributed by atoms with Gasteiger partial charge in [-0.05, 0) is 18.6 Å². The van der Waals surface area contributed by atoms with E-state index in [1.54, 1.807) is 22.8 Å². The molecule has 148 valence electrons. The number of fused-ring (bicyclic) bond motifs is 1. The van der Waals surface area contributed by atoms with Crippen LogP contribution in [0.25, 0.3) is 11.0 Å². The van der Waals surface area contributed by atoms with Gasteiger partial charge < -0.3 is 15.2 Å². The van der Waals surface area contributed by atoms with Crippen LogP contribution in [-0.2, 0) is 6.54 Å². The SMILES string of the molecule is N[C@@H]1CN(c2nc3cc(F)c(F)cc3n2Cc2c(Cl)cccc2Cl)CCC1F. The number of anilines is 1. The molecule has 3 aromatic rings. The van der Waals surface area contributed by atoms with Crippen LogP contribution in [0.2, 0.25) is 10.0 Å². The van der Waals surface area contributed by atoms with Gasteiger partial charge in [-0.3, -0.25) is 0 Å². The van der Waals surface area contributed by atoms with Gasteiger partial charge in [0, 0.05) is 40.8 Å². The maximum atomic E-state index is 13.9. The number of hydrogen-bond acceptors (Lipinski definition) is 3. The molecule has 4 rings (SSSR count). The average molecular weight is 429 g/mol. The second-order valence-electron chi connectivity index (χ2n) is 6.87. The summed E-state index contributed by atoms with van der Waals surface area (Å²) in [7, 11) is 0. The number of nitrogens with two attached hydrogens (primary N) is 1. The molecule has 2 heterocycles. The Balaban J connectivity index is 1.85. The number of nitrogens with zero attached hydrogens (tertiary/aromatic N) is 3. The van der Waals surface area contributed by atoms with Crippen molar-refractivity contribution in [3.05, 3.63) is 57.6 Å². The van der Waals surface area contributed by atoms with Crippen molar-refractivity contribution in [2.24, 2.45) is 5.73 Å². The lowest BCUT2D eigenvalue weighted by Gasteiger charge is -2.34. The van der Waals surface area contributed by atoms with E-state index in [9.17, 15) is 13.2 Å². The standard InChI is InChI=1S/C19H17Cl2F3N4/c20-11-2-1-3-12(21)10(11)8-28-18-7-15(24)14(23)6-17(18)26-19(28)27-5-4-13(22)16(25)9-27/h1-3,6-7,13,16H,4-5,8-9,25H2/t13?,16-/m1/s1. The van der Waals surface area contributed by atoms with Crippen LogP contribution in [0.3, 0.4) is 0 Å². The van der Waals surface area contributed by atoms with E-state index in [1.807, 2.05) is 4.90 Å². The van der Waals surface area contributed by atoms with Gasteiger partial charge in [-0.25, -0.2) is 18.2 Å². The Bertz CT molecular complexity index is 1020. The van der Waals surface area contributed by atoms with Crippen molar-refractivity contribution in [1.29, 1.82) is 0 Å². The molecule has 0 amide bonds. The fourth-order valence-electron chi connectivity index (χ4n) is 3.48. The Morgan fingerprint density at radius 3 is 2.50 bits per heavy atom. The largest absolute Gasteiger partial charge is 0.340 e. The molecule has 0 saturated carbocycles. The molecular weight excluding hydrogens is 412 g/mol. The van der Waals surface area contributed by atoms with Gasteiger partial charge in [0.15, 0.2) is 11.6 Å². The molecule has 1 aromatic heterocycles. The van der Waals surface area contributed by atoms with Crippen molar-refractivity contribution >= 4 is 40.2 Å². The van der Waals surface area contributed by atoms with Crippen molar-refractivity contribution in [3.8, 4) is 0 Å². The molecule has 9 heteroatoms. The molecule has 1 unspecified atom stereocenters. The summed E-state index contributed by atoms with van der Waals surface area (Å²) in [5.74, 6) is -1.53. The summed E-state index contributed by atoms with van der Waals surface area (Å²) in [6, 6.07) is 6.59. The highest BCUT2D eigenvalue weighted by Crippen LogP contribution is 2.32. The molecule has 28 heavy (non-hydrogen) atoms. The first-order valence-electron chi connectivity index (χ1n) is 8.78. The third kappa shape index (κ3) is 3.43. The van der Waals surface area contributed by atoms with Crippen molar-refractivity contribution in [3.63, 3.8) is 0 Å². The van der Waals surface area contributed by atoms with E-state index in [4.69, 9.17) is 28.9 Å². The average Bonchev–Trinajstić information content (AvgIpc) is 2.98. The van der Waals surface area contributed by atoms with E-state index >= 15 is 0 Å². The maximum absolute atomic E-state index is 13.9. The number of alkyl halides is 1. The maximum Gasteiger partial charge on any atom is 0.206 e. The Morgan fingerprint density at radius 2 is 1.82 bits per heavy atom. The summed E-state index contributed by atoms with van der Waals surface area (Å²) in [6.07, 6.45) is -0.845. The second-order valence-corrected chi connectivity index (χ2v) is 7.68. The normalized spacial score (nSPS) is 20.1. The predicted molar refractivity (Wildman–Crippen MR) is 105 cm³/mol. The Hall–Kier alpha value is -1.96. The summed E-state index contributed by atoms with van der Waals surface area (Å²) in [5, 5.41) is 0.893. The third-order valence-electron chi connectivity index (χ3n) is 5.00. The second kappa shape index (κ2) is 7.46. The number of aromatic nitrogens is 2. The molecule has 2 N–H and O–H groups in total. The number of halogens is 5. The fraction of sp³-hybridized carbons (Fsp3) is 0.316. The van der Waals surface area contributed by atoms with Gasteiger partial charge in [0.2, 0.25) is 5.95 Å². The van der Waals surface area contributed by atoms with E-state index in [0.717, 1.165) is 12.1 Å². The summed E-state index contributed by atoms with van der Waals surface area (Å²) >= 11 is 12.6. The highest BCUT2D eigenvalue weighted by molar-refractivity contribution is 6.36. The predicted octanol–water partition coefficient (Wildman–Crippen LogP) is 4.55. The Labute approximate surface area is 169 Å². The lowest BCUT2D eigenvalue weighted by atomic mass is 10.1. The van der Waals surface area contributed by atoms with E-state index in [-0.39, 0.29) is 25.0 Å². The minimum absolute atomic E-state index is 0.195. The number of imidazole rings is 1. The van der Waals surface area contributed by atoms with Gasteiger partial charge in [0.25, 0.3) is 0 Å². The molecule has 2 atom stereocenters. The fourth-order valence-corrected chi connectivity index (χ4v) is 4.00. The molecular formula is C19H17Cl2F3N4. The number of rotatable bonds is 3. The van der Waals surface area contributed by atoms with E-state index in [0.29, 0.717) is 33.6 Å². The zero-order valence-corrected chi connectivity index (χ0v) is 16.2. The molecule has 0 spiro atoms. The summed E-state index contributed by atoms with van der Waals surface area (Å²) in [6.45, 7) is 0.825. The molecule has 0 radical (unpaired) electrons. The van der Waals surface area contributed by atoms with E-state index < -0.39 is 23.8 Å². The zero-order valence-electron chi connectivity index (χ0n) is 14.7. The minimum atomic E-state index is -1.10. The molecule has 1 aliphatic heterocycles. The summed E-state index contributed by atoms with van der Waals surface area (Å²) in [4.78, 5) is 6.29. The van der Waals surface area contributed by atoms with Crippen LogP contribution in [0.15, 0.2) is 30.3 Å². The van der Waals surface area contributed by atoms with Gasteiger partial charge in [-0.1, -0.05) is 29.3 Å². The molecule has 1 fully saturated rings. The Kier molecular flexibility index (Phi) is 5.16. The van der Waals surface area contributed by atoms with Gasteiger partial charge in [-0.15, -0.1) is 0 Å². The van der Waals surface area contributed by atoms with Crippen LogP contribution < -0.4 is 10.6 Å². The van der Waals surface area contributed by atoms with Gasteiger partial charge in [0.05, 0.1) is 23.6 Å². The first kappa shape index (κ1) is 19.4. The first-order chi connectivity index (χ1) is 13.3.